The van der Waals surface area contributed by atoms with Gasteiger partial charge in [0, 0.05) is 6.10 Å². The van der Waals surface area contributed by atoms with Crippen LogP contribution in [0.3, 0.4) is 0 Å². The van der Waals surface area contributed by atoms with E-state index in [0.29, 0.717) is 11.1 Å². The molecule has 0 aromatic rings. The molecule has 2 rings (SSSR count). The molecule has 3 atom stereocenters. The Morgan fingerprint density at radius 1 is 1.27 bits per heavy atom. The van der Waals surface area contributed by atoms with E-state index in [-0.39, 0.29) is 0 Å². The molecule has 2 aliphatic carbocycles. The first kappa shape index (κ1) is 11.4. The van der Waals surface area contributed by atoms with Crippen molar-refractivity contribution in [1.29, 1.82) is 0 Å². The van der Waals surface area contributed by atoms with Crippen molar-refractivity contribution in [2.24, 2.45) is 11.8 Å². The zero-order valence-corrected chi connectivity index (χ0v) is 11.7. The van der Waals surface area contributed by atoms with Gasteiger partial charge in [-0.25, -0.2) is 0 Å². The molecule has 0 heterocycles. The quantitative estimate of drug-likeness (QED) is 0.509. The van der Waals surface area contributed by atoms with E-state index in [1.807, 2.05) is 0 Å². The molecular formula is C13H24OSi. The lowest BCUT2D eigenvalue weighted by Gasteiger charge is -2.47. The summed E-state index contributed by atoms with van der Waals surface area (Å²) >= 11 is 0. The largest absolute Gasteiger partial charge is 0.414 e. The van der Waals surface area contributed by atoms with E-state index < -0.39 is 8.32 Å². The zero-order valence-electron chi connectivity index (χ0n) is 10.7. The van der Waals surface area contributed by atoms with Gasteiger partial charge in [0.2, 0.25) is 0 Å². The fourth-order valence-electron chi connectivity index (χ4n) is 2.35. The highest BCUT2D eigenvalue weighted by Crippen LogP contribution is 2.48. The molecule has 2 heteroatoms. The van der Waals surface area contributed by atoms with Crippen LogP contribution in [0.1, 0.15) is 33.6 Å². The first-order valence-electron chi connectivity index (χ1n) is 6.16. The topological polar surface area (TPSA) is 9.23 Å². The molecular weight excluding hydrogens is 200 g/mol. The molecule has 0 unspecified atom stereocenters. The number of hydrogen-bond donors (Lipinski definition) is 0. The molecule has 0 aromatic heterocycles. The van der Waals surface area contributed by atoms with Crippen molar-refractivity contribution in [3.8, 4) is 0 Å². The zero-order chi connectivity index (χ0) is 11.3. The summed E-state index contributed by atoms with van der Waals surface area (Å²) in [4.78, 5) is 0. The van der Waals surface area contributed by atoms with Gasteiger partial charge in [0.25, 0.3) is 0 Å². The first-order valence-corrected chi connectivity index (χ1v) is 9.06. The lowest BCUT2D eigenvalue weighted by atomic mass is 9.73. The highest BCUT2D eigenvalue weighted by atomic mass is 28.4. The third-order valence-corrected chi connectivity index (χ3v) is 9.08. The van der Waals surface area contributed by atoms with Crippen LogP contribution in [-0.2, 0) is 4.43 Å². The minimum atomic E-state index is -1.53. The maximum atomic E-state index is 6.45. The Bertz CT molecular complexity index is 275. The Balaban J connectivity index is 1.93. The second-order valence-electron chi connectivity index (χ2n) is 6.64. The normalized spacial score (nSPS) is 35.1. The first-order chi connectivity index (χ1) is 6.81. The lowest BCUT2D eigenvalue weighted by Crippen LogP contribution is -2.51. The monoisotopic (exact) mass is 224 g/mol. The van der Waals surface area contributed by atoms with Gasteiger partial charge in [-0.1, -0.05) is 32.9 Å². The number of hydrogen-bond acceptors (Lipinski definition) is 1. The van der Waals surface area contributed by atoms with Gasteiger partial charge in [0.1, 0.15) is 0 Å². The van der Waals surface area contributed by atoms with Crippen LogP contribution in [-0.4, -0.2) is 14.4 Å². The van der Waals surface area contributed by atoms with Crippen molar-refractivity contribution in [3.63, 3.8) is 0 Å². The molecule has 0 aromatic carbocycles. The summed E-state index contributed by atoms with van der Waals surface area (Å²) in [5, 5.41) is 0.351. The second-order valence-corrected chi connectivity index (χ2v) is 11.4. The molecule has 0 N–H and O–H groups in total. The van der Waals surface area contributed by atoms with Crippen LogP contribution in [0.2, 0.25) is 18.1 Å². The maximum Gasteiger partial charge on any atom is 0.192 e. The Morgan fingerprint density at radius 2 is 1.93 bits per heavy atom. The molecule has 86 valence electrons. The van der Waals surface area contributed by atoms with Gasteiger partial charge in [-0.15, -0.1) is 0 Å². The van der Waals surface area contributed by atoms with Crippen LogP contribution in [0, 0.1) is 11.8 Å². The van der Waals surface area contributed by atoms with Crippen LogP contribution in [0.25, 0.3) is 0 Å². The standard InChI is InChI=1S/C13H24OSi/c1-13(2,3)15(4,5)14-12-9-10-7-6-8-11(10)12/h6-7,10-12H,8-9H2,1-5H3/t10-,11-,12+/m1/s1. The van der Waals surface area contributed by atoms with Gasteiger partial charge in [-0.3, -0.25) is 0 Å². The Morgan fingerprint density at radius 3 is 2.47 bits per heavy atom. The summed E-state index contributed by atoms with van der Waals surface area (Å²) < 4.78 is 6.45. The summed E-state index contributed by atoms with van der Waals surface area (Å²) in [5.74, 6) is 1.67. The SMILES string of the molecule is CC(C)(C)[Si](C)(C)O[C@H]1C[C@H]2C=CC[C@H]21. The third kappa shape index (κ3) is 1.94. The Hall–Kier alpha value is -0.0831. The summed E-state index contributed by atoms with van der Waals surface area (Å²) in [5.41, 5.74) is 0. The molecule has 0 spiro atoms. The molecule has 1 saturated carbocycles. The molecule has 0 radical (unpaired) electrons. The predicted molar refractivity (Wildman–Crippen MR) is 67.4 cm³/mol. The summed E-state index contributed by atoms with van der Waals surface area (Å²) in [7, 11) is -1.53. The summed E-state index contributed by atoms with van der Waals surface area (Å²) in [6.45, 7) is 11.7. The van der Waals surface area contributed by atoms with Crippen molar-refractivity contribution >= 4 is 8.32 Å². The van der Waals surface area contributed by atoms with Crippen LogP contribution >= 0.6 is 0 Å². The smallest absolute Gasteiger partial charge is 0.192 e. The fraction of sp³-hybridized carbons (Fsp3) is 0.846. The fourth-order valence-corrected chi connectivity index (χ4v) is 3.73. The molecule has 0 bridgehead atoms. The minimum absolute atomic E-state index is 0.351. The van der Waals surface area contributed by atoms with Crippen molar-refractivity contribution < 1.29 is 4.43 Å². The molecule has 2 aliphatic rings. The van der Waals surface area contributed by atoms with Crippen molar-refractivity contribution in [2.45, 2.75) is 57.8 Å². The van der Waals surface area contributed by atoms with Crippen LogP contribution < -0.4 is 0 Å². The van der Waals surface area contributed by atoms with Gasteiger partial charge in [0.05, 0.1) is 0 Å². The molecule has 1 nitrogen and oxygen atoms in total. The van der Waals surface area contributed by atoms with Gasteiger partial charge in [-0.05, 0) is 42.8 Å². The number of rotatable bonds is 2. The van der Waals surface area contributed by atoms with Crippen LogP contribution in [0.4, 0.5) is 0 Å². The Kier molecular flexibility index (Phi) is 2.63. The summed E-state index contributed by atoms with van der Waals surface area (Å²) in [6.07, 6.45) is 7.81. The number of allylic oxidation sites excluding steroid dienone is 2. The summed E-state index contributed by atoms with van der Waals surface area (Å²) in [6, 6.07) is 0. The van der Waals surface area contributed by atoms with E-state index in [1.165, 1.54) is 12.8 Å². The minimum Gasteiger partial charge on any atom is -0.414 e. The van der Waals surface area contributed by atoms with E-state index >= 15 is 0 Å². The van der Waals surface area contributed by atoms with E-state index in [1.54, 1.807) is 0 Å². The van der Waals surface area contributed by atoms with E-state index in [4.69, 9.17) is 4.43 Å². The highest BCUT2D eigenvalue weighted by molar-refractivity contribution is 6.74. The highest BCUT2D eigenvalue weighted by Gasteiger charge is 2.47. The average molecular weight is 224 g/mol. The van der Waals surface area contributed by atoms with Crippen molar-refractivity contribution in [2.75, 3.05) is 0 Å². The van der Waals surface area contributed by atoms with E-state index in [0.717, 1.165) is 11.8 Å². The van der Waals surface area contributed by atoms with Gasteiger partial charge >= 0.3 is 0 Å². The second kappa shape index (κ2) is 3.46. The van der Waals surface area contributed by atoms with Crippen molar-refractivity contribution in [1.82, 2.24) is 0 Å². The van der Waals surface area contributed by atoms with Gasteiger partial charge < -0.3 is 4.43 Å². The van der Waals surface area contributed by atoms with Gasteiger partial charge in [-0.2, -0.15) is 0 Å². The lowest BCUT2D eigenvalue weighted by molar-refractivity contribution is 0.00693. The molecule has 0 saturated heterocycles. The average Bonchev–Trinajstić information content (AvgIpc) is 2.41. The molecule has 15 heavy (non-hydrogen) atoms. The van der Waals surface area contributed by atoms with Gasteiger partial charge in [0.15, 0.2) is 8.32 Å². The van der Waals surface area contributed by atoms with Crippen molar-refractivity contribution in [3.05, 3.63) is 12.2 Å². The maximum absolute atomic E-state index is 6.45. The van der Waals surface area contributed by atoms with E-state index in [9.17, 15) is 0 Å². The number of fused-ring (bicyclic) bond motifs is 1. The molecule has 0 aliphatic heterocycles. The predicted octanol–water partition coefficient (Wildman–Crippen LogP) is 3.97. The third-order valence-electron chi connectivity index (χ3n) is 4.58. The molecule has 0 amide bonds. The Labute approximate surface area is 95.0 Å². The van der Waals surface area contributed by atoms with E-state index in [2.05, 4.69) is 46.0 Å². The van der Waals surface area contributed by atoms with Crippen LogP contribution in [0.15, 0.2) is 12.2 Å². The molecule has 1 fully saturated rings. The van der Waals surface area contributed by atoms with Crippen LogP contribution in [0.5, 0.6) is 0 Å².